The van der Waals surface area contributed by atoms with Crippen molar-refractivity contribution in [2.75, 3.05) is 46.8 Å². The van der Waals surface area contributed by atoms with Crippen LogP contribution in [0.15, 0.2) is 52.1 Å². The van der Waals surface area contributed by atoms with Crippen LogP contribution in [-0.4, -0.2) is 73.4 Å². The van der Waals surface area contributed by atoms with Crippen LogP contribution >= 0.6 is 0 Å². The number of hydrogen-bond donors (Lipinski definition) is 1. The van der Waals surface area contributed by atoms with Crippen molar-refractivity contribution in [3.05, 3.63) is 59.5 Å². The Labute approximate surface area is 173 Å². The second-order valence-electron chi connectivity index (χ2n) is 7.31. The summed E-state index contributed by atoms with van der Waals surface area (Å²) in [5, 5.41) is 3.46. The van der Waals surface area contributed by atoms with E-state index in [1.54, 1.807) is 19.2 Å². The first kappa shape index (κ1) is 20.9. The molecule has 0 atom stereocenters. The number of aliphatic imine (C=N–C) groups is 1. The number of carbonyl (C=O) groups is 1. The van der Waals surface area contributed by atoms with E-state index in [1.165, 1.54) is 17.4 Å². The maximum atomic E-state index is 12.4. The van der Waals surface area contributed by atoms with E-state index in [9.17, 15) is 4.79 Å². The third-order valence-corrected chi connectivity index (χ3v) is 5.24. The van der Waals surface area contributed by atoms with Gasteiger partial charge in [0.1, 0.15) is 0 Å². The van der Waals surface area contributed by atoms with Crippen molar-refractivity contribution in [2.24, 2.45) is 4.99 Å². The molecule has 1 fully saturated rings. The SMILES string of the molecule is CCN(C)Cc1cccc(CNC(=NC)N2CCN(C(=O)c3ccco3)CC2)c1. The lowest BCUT2D eigenvalue weighted by Gasteiger charge is -2.36. The van der Waals surface area contributed by atoms with E-state index >= 15 is 0 Å². The van der Waals surface area contributed by atoms with Crippen LogP contribution in [0.4, 0.5) is 0 Å². The number of nitrogens with one attached hydrogen (secondary N) is 1. The normalized spacial score (nSPS) is 15.1. The molecular formula is C22H31N5O2. The first-order valence-corrected chi connectivity index (χ1v) is 10.2. The summed E-state index contributed by atoms with van der Waals surface area (Å²) in [4.78, 5) is 23.2. The van der Waals surface area contributed by atoms with Crippen LogP contribution in [-0.2, 0) is 13.1 Å². The first-order valence-electron chi connectivity index (χ1n) is 10.2. The summed E-state index contributed by atoms with van der Waals surface area (Å²) in [6.45, 7) is 7.66. The highest BCUT2D eigenvalue weighted by atomic mass is 16.3. The molecule has 1 aliphatic heterocycles. The van der Waals surface area contributed by atoms with Gasteiger partial charge in [-0.05, 0) is 36.9 Å². The number of carbonyl (C=O) groups excluding carboxylic acids is 1. The molecule has 0 bridgehead atoms. The van der Waals surface area contributed by atoms with Gasteiger partial charge in [0.15, 0.2) is 11.7 Å². The molecule has 1 saturated heterocycles. The van der Waals surface area contributed by atoms with Crippen LogP contribution in [0.3, 0.4) is 0 Å². The Hall–Kier alpha value is -2.80. The smallest absolute Gasteiger partial charge is 0.289 e. The Balaban J connectivity index is 1.51. The molecule has 7 nitrogen and oxygen atoms in total. The summed E-state index contributed by atoms with van der Waals surface area (Å²) in [7, 11) is 3.93. The zero-order valence-corrected chi connectivity index (χ0v) is 17.6. The van der Waals surface area contributed by atoms with Gasteiger partial charge in [-0.1, -0.05) is 31.2 Å². The average molecular weight is 398 g/mol. The summed E-state index contributed by atoms with van der Waals surface area (Å²) in [5.74, 6) is 1.21. The molecule has 156 valence electrons. The van der Waals surface area contributed by atoms with E-state index in [0.717, 1.165) is 38.7 Å². The molecule has 2 heterocycles. The van der Waals surface area contributed by atoms with Gasteiger partial charge in [0.05, 0.1) is 6.26 Å². The Morgan fingerprint density at radius 3 is 2.52 bits per heavy atom. The van der Waals surface area contributed by atoms with Gasteiger partial charge in [-0.25, -0.2) is 0 Å². The number of piperazine rings is 1. The predicted octanol–water partition coefficient (Wildman–Crippen LogP) is 2.26. The summed E-state index contributed by atoms with van der Waals surface area (Å²) in [6, 6.07) is 12.1. The second kappa shape index (κ2) is 10.1. The van der Waals surface area contributed by atoms with Crippen molar-refractivity contribution in [1.29, 1.82) is 0 Å². The van der Waals surface area contributed by atoms with Gasteiger partial charge in [0, 0.05) is 46.3 Å². The fraction of sp³-hybridized carbons (Fsp3) is 0.455. The van der Waals surface area contributed by atoms with Gasteiger partial charge in [-0.3, -0.25) is 9.79 Å². The Kier molecular flexibility index (Phi) is 7.30. The van der Waals surface area contributed by atoms with E-state index in [2.05, 4.69) is 58.3 Å². The Morgan fingerprint density at radius 1 is 1.14 bits per heavy atom. The molecule has 0 spiro atoms. The number of amides is 1. The van der Waals surface area contributed by atoms with Crippen LogP contribution in [0.5, 0.6) is 0 Å². The first-order chi connectivity index (χ1) is 14.1. The van der Waals surface area contributed by atoms with Crippen molar-refractivity contribution in [3.8, 4) is 0 Å². The van der Waals surface area contributed by atoms with Gasteiger partial charge in [-0.2, -0.15) is 0 Å². The van der Waals surface area contributed by atoms with E-state index < -0.39 is 0 Å². The van der Waals surface area contributed by atoms with Crippen LogP contribution in [0.25, 0.3) is 0 Å². The Morgan fingerprint density at radius 2 is 1.86 bits per heavy atom. The van der Waals surface area contributed by atoms with E-state index in [0.29, 0.717) is 18.8 Å². The predicted molar refractivity (Wildman–Crippen MR) is 115 cm³/mol. The second-order valence-corrected chi connectivity index (χ2v) is 7.31. The monoisotopic (exact) mass is 397 g/mol. The average Bonchev–Trinajstić information content (AvgIpc) is 3.29. The highest BCUT2D eigenvalue weighted by Crippen LogP contribution is 2.11. The molecule has 0 unspecified atom stereocenters. The lowest BCUT2D eigenvalue weighted by Crippen LogP contribution is -2.53. The molecule has 0 aliphatic carbocycles. The van der Waals surface area contributed by atoms with Crippen molar-refractivity contribution in [3.63, 3.8) is 0 Å². The highest BCUT2D eigenvalue weighted by Gasteiger charge is 2.25. The van der Waals surface area contributed by atoms with Crippen LogP contribution < -0.4 is 5.32 Å². The van der Waals surface area contributed by atoms with Gasteiger partial charge < -0.3 is 24.4 Å². The molecule has 2 aromatic rings. The fourth-order valence-corrected chi connectivity index (χ4v) is 3.45. The van der Waals surface area contributed by atoms with Crippen molar-refractivity contribution >= 4 is 11.9 Å². The zero-order chi connectivity index (χ0) is 20.6. The molecule has 1 aromatic heterocycles. The maximum Gasteiger partial charge on any atom is 0.289 e. The molecule has 3 rings (SSSR count). The molecule has 29 heavy (non-hydrogen) atoms. The van der Waals surface area contributed by atoms with Crippen LogP contribution in [0.1, 0.15) is 28.6 Å². The molecule has 1 N–H and O–H groups in total. The quantitative estimate of drug-likeness (QED) is 0.598. The third kappa shape index (κ3) is 5.60. The molecule has 1 aliphatic rings. The number of benzene rings is 1. The van der Waals surface area contributed by atoms with Crippen molar-refractivity contribution in [1.82, 2.24) is 20.0 Å². The van der Waals surface area contributed by atoms with Crippen LogP contribution in [0, 0.1) is 0 Å². The van der Waals surface area contributed by atoms with E-state index in [1.807, 2.05) is 4.90 Å². The minimum absolute atomic E-state index is 0.0496. The zero-order valence-electron chi connectivity index (χ0n) is 17.6. The molecule has 1 amide bonds. The number of rotatable bonds is 6. The van der Waals surface area contributed by atoms with E-state index in [4.69, 9.17) is 4.42 Å². The number of guanidine groups is 1. The standard InChI is InChI=1S/C22H31N5O2/c1-4-25(3)17-19-8-5-7-18(15-19)16-24-22(23-2)27-12-10-26(11-13-27)21(28)20-9-6-14-29-20/h5-9,14-15H,4,10-13,16-17H2,1-3H3,(H,23,24). The lowest BCUT2D eigenvalue weighted by atomic mass is 10.1. The van der Waals surface area contributed by atoms with Crippen molar-refractivity contribution in [2.45, 2.75) is 20.0 Å². The van der Waals surface area contributed by atoms with Gasteiger partial charge in [0.2, 0.25) is 0 Å². The largest absolute Gasteiger partial charge is 0.459 e. The molecule has 0 saturated carbocycles. The molecule has 1 aromatic carbocycles. The topological polar surface area (TPSA) is 64.3 Å². The molecular weight excluding hydrogens is 366 g/mol. The van der Waals surface area contributed by atoms with Gasteiger partial charge >= 0.3 is 0 Å². The summed E-state index contributed by atoms with van der Waals surface area (Å²) in [6.07, 6.45) is 1.53. The third-order valence-electron chi connectivity index (χ3n) is 5.24. The number of hydrogen-bond acceptors (Lipinski definition) is 4. The van der Waals surface area contributed by atoms with Gasteiger partial charge in [-0.15, -0.1) is 0 Å². The van der Waals surface area contributed by atoms with Gasteiger partial charge in [0.25, 0.3) is 5.91 Å². The molecule has 0 radical (unpaired) electrons. The summed E-state index contributed by atoms with van der Waals surface area (Å²) in [5.41, 5.74) is 2.55. The number of nitrogens with zero attached hydrogens (tertiary/aromatic N) is 4. The maximum absolute atomic E-state index is 12.4. The fourth-order valence-electron chi connectivity index (χ4n) is 3.45. The van der Waals surface area contributed by atoms with Crippen LogP contribution in [0.2, 0.25) is 0 Å². The van der Waals surface area contributed by atoms with Crippen molar-refractivity contribution < 1.29 is 9.21 Å². The highest BCUT2D eigenvalue weighted by molar-refractivity contribution is 5.91. The molecule has 7 heteroatoms. The summed E-state index contributed by atoms with van der Waals surface area (Å²) < 4.78 is 5.23. The lowest BCUT2D eigenvalue weighted by molar-refractivity contribution is 0.0657. The summed E-state index contributed by atoms with van der Waals surface area (Å²) >= 11 is 0. The van der Waals surface area contributed by atoms with E-state index in [-0.39, 0.29) is 5.91 Å². The Bertz CT molecular complexity index is 810. The minimum Gasteiger partial charge on any atom is -0.459 e. The minimum atomic E-state index is -0.0496. The number of furan rings is 1.